The standard InChI is InChI=1S/C11H16/c1-6-3-8-5-9-4-7(2)10(6)11(8)9/h7-11H,1,3-5H2,2H3. The van der Waals surface area contributed by atoms with Crippen LogP contribution >= 0.6 is 0 Å². The zero-order valence-corrected chi connectivity index (χ0v) is 7.22. The van der Waals surface area contributed by atoms with E-state index in [9.17, 15) is 0 Å². The molecule has 0 aliphatic heterocycles. The minimum absolute atomic E-state index is 0.943. The van der Waals surface area contributed by atoms with Gasteiger partial charge in [-0.3, -0.25) is 0 Å². The number of rotatable bonds is 0. The monoisotopic (exact) mass is 148 g/mol. The normalized spacial score (nSPS) is 59.4. The summed E-state index contributed by atoms with van der Waals surface area (Å²) < 4.78 is 0. The summed E-state index contributed by atoms with van der Waals surface area (Å²) in [6.07, 6.45) is 4.41. The Hall–Kier alpha value is -0.260. The summed E-state index contributed by atoms with van der Waals surface area (Å²) in [5.41, 5.74) is 1.59. The molecule has 3 aliphatic rings. The lowest BCUT2D eigenvalue weighted by molar-refractivity contribution is 0.116. The molecule has 0 saturated heterocycles. The molecule has 11 heavy (non-hydrogen) atoms. The van der Waals surface area contributed by atoms with Gasteiger partial charge in [0.25, 0.3) is 0 Å². The SMILES string of the molecule is C=C1CC2CC3CC(C)C1C23. The van der Waals surface area contributed by atoms with Crippen molar-refractivity contribution < 1.29 is 0 Å². The maximum absolute atomic E-state index is 4.22. The lowest BCUT2D eigenvalue weighted by Crippen LogP contribution is -2.30. The molecular formula is C11H16. The zero-order chi connectivity index (χ0) is 7.59. The molecule has 0 heterocycles. The predicted octanol–water partition coefficient (Wildman–Crippen LogP) is 2.85. The van der Waals surface area contributed by atoms with E-state index < -0.39 is 0 Å². The van der Waals surface area contributed by atoms with Crippen LogP contribution in [-0.2, 0) is 0 Å². The summed E-state index contributed by atoms with van der Waals surface area (Å²) in [6, 6.07) is 0. The Morgan fingerprint density at radius 2 is 2.09 bits per heavy atom. The predicted molar refractivity (Wildman–Crippen MR) is 46.1 cm³/mol. The third-order valence-electron chi connectivity index (χ3n) is 4.39. The van der Waals surface area contributed by atoms with Crippen LogP contribution in [0.25, 0.3) is 0 Å². The minimum Gasteiger partial charge on any atom is -0.0995 e. The van der Waals surface area contributed by atoms with Gasteiger partial charge in [0.15, 0.2) is 0 Å². The second-order valence-electron chi connectivity index (χ2n) is 4.93. The second kappa shape index (κ2) is 1.73. The quantitative estimate of drug-likeness (QED) is 0.463. The van der Waals surface area contributed by atoms with Crippen LogP contribution in [0.4, 0.5) is 0 Å². The number of hydrogen-bond donors (Lipinski definition) is 0. The molecule has 3 rings (SSSR count). The van der Waals surface area contributed by atoms with Crippen LogP contribution in [0.3, 0.4) is 0 Å². The van der Waals surface area contributed by atoms with Crippen LogP contribution in [0.2, 0.25) is 0 Å². The van der Waals surface area contributed by atoms with E-state index in [1.165, 1.54) is 19.3 Å². The molecule has 0 aromatic rings. The minimum atomic E-state index is 0.943. The summed E-state index contributed by atoms with van der Waals surface area (Å²) in [5, 5.41) is 0. The first-order valence-corrected chi connectivity index (χ1v) is 4.95. The van der Waals surface area contributed by atoms with Gasteiger partial charge in [0.05, 0.1) is 0 Å². The van der Waals surface area contributed by atoms with E-state index in [2.05, 4.69) is 13.5 Å². The summed E-state index contributed by atoms with van der Waals surface area (Å²) in [5.74, 6) is 5.18. The highest BCUT2D eigenvalue weighted by atomic mass is 14.6. The molecule has 0 radical (unpaired) electrons. The van der Waals surface area contributed by atoms with Gasteiger partial charge in [0.2, 0.25) is 0 Å². The van der Waals surface area contributed by atoms with Crippen molar-refractivity contribution in [2.45, 2.75) is 26.2 Å². The van der Waals surface area contributed by atoms with Gasteiger partial charge in [-0.1, -0.05) is 19.1 Å². The highest BCUT2D eigenvalue weighted by molar-refractivity contribution is 5.21. The van der Waals surface area contributed by atoms with Crippen molar-refractivity contribution >= 4 is 0 Å². The Labute approximate surface area is 68.7 Å². The third kappa shape index (κ3) is 0.579. The molecular weight excluding hydrogens is 132 g/mol. The highest BCUT2D eigenvalue weighted by Crippen LogP contribution is 2.65. The van der Waals surface area contributed by atoms with E-state index in [1.54, 1.807) is 5.57 Å². The number of hydrogen-bond acceptors (Lipinski definition) is 0. The largest absolute Gasteiger partial charge is 0.0995 e. The van der Waals surface area contributed by atoms with E-state index in [4.69, 9.17) is 0 Å². The van der Waals surface area contributed by atoms with Crippen molar-refractivity contribution in [3.8, 4) is 0 Å². The van der Waals surface area contributed by atoms with Crippen molar-refractivity contribution in [3.63, 3.8) is 0 Å². The molecule has 3 aliphatic carbocycles. The first-order valence-electron chi connectivity index (χ1n) is 4.95. The van der Waals surface area contributed by atoms with Crippen molar-refractivity contribution in [3.05, 3.63) is 12.2 Å². The number of allylic oxidation sites excluding steroid dienone is 1. The van der Waals surface area contributed by atoms with Gasteiger partial charge in [0.1, 0.15) is 0 Å². The van der Waals surface area contributed by atoms with Gasteiger partial charge in [-0.15, -0.1) is 0 Å². The van der Waals surface area contributed by atoms with Gasteiger partial charge < -0.3 is 0 Å². The Kier molecular flexibility index (Phi) is 0.987. The molecule has 0 heteroatoms. The van der Waals surface area contributed by atoms with Crippen molar-refractivity contribution in [2.75, 3.05) is 0 Å². The molecule has 5 unspecified atom stereocenters. The topological polar surface area (TPSA) is 0 Å². The lowest BCUT2D eigenvalue weighted by atomic mass is 9.68. The van der Waals surface area contributed by atoms with Crippen LogP contribution in [-0.4, -0.2) is 0 Å². The molecule has 0 N–H and O–H groups in total. The fourth-order valence-electron chi connectivity index (χ4n) is 4.10. The molecule has 3 saturated carbocycles. The van der Waals surface area contributed by atoms with Crippen LogP contribution in [0.1, 0.15) is 26.2 Å². The maximum Gasteiger partial charge on any atom is -0.0146 e. The second-order valence-corrected chi connectivity index (χ2v) is 4.93. The summed E-state index contributed by atoms with van der Waals surface area (Å²) in [4.78, 5) is 0. The van der Waals surface area contributed by atoms with E-state index in [0.717, 1.165) is 29.6 Å². The third-order valence-corrected chi connectivity index (χ3v) is 4.39. The van der Waals surface area contributed by atoms with Crippen molar-refractivity contribution in [1.82, 2.24) is 0 Å². The van der Waals surface area contributed by atoms with Gasteiger partial charge in [-0.2, -0.15) is 0 Å². The fraction of sp³-hybridized carbons (Fsp3) is 0.818. The smallest absolute Gasteiger partial charge is 0.0146 e. The van der Waals surface area contributed by atoms with Crippen LogP contribution in [0, 0.1) is 29.6 Å². The zero-order valence-electron chi connectivity index (χ0n) is 7.22. The molecule has 0 nitrogen and oxygen atoms in total. The van der Waals surface area contributed by atoms with Crippen LogP contribution in [0.15, 0.2) is 12.2 Å². The average Bonchev–Trinajstić information content (AvgIpc) is 2.31. The van der Waals surface area contributed by atoms with Gasteiger partial charge in [-0.05, 0) is 48.9 Å². The molecule has 0 bridgehead atoms. The first kappa shape index (κ1) is 6.28. The van der Waals surface area contributed by atoms with E-state index in [-0.39, 0.29) is 0 Å². The van der Waals surface area contributed by atoms with Gasteiger partial charge >= 0.3 is 0 Å². The molecule has 3 fully saturated rings. The Morgan fingerprint density at radius 1 is 1.27 bits per heavy atom. The molecule has 0 aromatic heterocycles. The summed E-state index contributed by atoms with van der Waals surface area (Å²) >= 11 is 0. The molecule has 0 spiro atoms. The highest BCUT2D eigenvalue weighted by Gasteiger charge is 2.57. The van der Waals surface area contributed by atoms with Crippen molar-refractivity contribution in [1.29, 1.82) is 0 Å². The summed E-state index contributed by atoms with van der Waals surface area (Å²) in [7, 11) is 0. The molecule has 60 valence electrons. The van der Waals surface area contributed by atoms with E-state index in [0.29, 0.717) is 0 Å². The first-order chi connectivity index (χ1) is 5.27. The lowest BCUT2D eigenvalue weighted by Gasteiger charge is -2.37. The molecule has 0 amide bonds. The van der Waals surface area contributed by atoms with Crippen LogP contribution in [0.5, 0.6) is 0 Å². The Morgan fingerprint density at radius 3 is 2.82 bits per heavy atom. The Balaban J connectivity index is 1.99. The van der Waals surface area contributed by atoms with E-state index in [1.807, 2.05) is 0 Å². The average molecular weight is 148 g/mol. The van der Waals surface area contributed by atoms with Gasteiger partial charge in [0, 0.05) is 0 Å². The van der Waals surface area contributed by atoms with Crippen molar-refractivity contribution in [2.24, 2.45) is 29.6 Å². The maximum atomic E-state index is 4.22. The Bertz CT molecular complexity index is 216. The molecule has 5 atom stereocenters. The van der Waals surface area contributed by atoms with Crippen LogP contribution < -0.4 is 0 Å². The molecule has 0 aromatic carbocycles. The van der Waals surface area contributed by atoms with Gasteiger partial charge in [-0.25, -0.2) is 0 Å². The van der Waals surface area contributed by atoms with E-state index >= 15 is 0 Å². The fourth-order valence-corrected chi connectivity index (χ4v) is 4.10. The summed E-state index contributed by atoms with van der Waals surface area (Å²) in [6.45, 7) is 6.65.